The van der Waals surface area contributed by atoms with Crippen molar-refractivity contribution >= 4 is 17.3 Å². The third-order valence-corrected chi connectivity index (χ3v) is 9.24. The Morgan fingerprint density at radius 1 is 1.08 bits per heavy atom. The highest BCUT2D eigenvalue weighted by atomic mass is 16.5. The minimum atomic E-state index is -1.16. The average molecular weight is 505 g/mol. The molecule has 38 heavy (non-hydrogen) atoms. The van der Waals surface area contributed by atoms with Crippen molar-refractivity contribution in [2.45, 2.75) is 30.2 Å². The molecule has 190 valence electrons. The second kappa shape index (κ2) is 8.68. The number of aliphatic carboxylic acids is 1. The minimum absolute atomic E-state index is 0.194. The molecular formula is C32H28N2O4. The fraction of sp³-hybridized carbons (Fsp3) is 0.281. The van der Waals surface area contributed by atoms with Crippen molar-refractivity contribution in [1.82, 2.24) is 5.32 Å². The van der Waals surface area contributed by atoms with Gasteiger partial charge in [0.2, 0.25) is 0 Å². The lowest BCUT2D eigenvalue weighted by Gasteiger charge is -2.60. The summed E-state index contributed by atoms with van der Waals surface area (Å²) >= 11 is 0. The molecule has 0 aromatic heterocycles. The van der Waals surface area contributed by atoms with Gasteiger partial charge in [-0.3, -0.25) is 9.59 Å². The first-order valence-corrected chi connectivity index (χ1v) is 12.8. The number of nitrogens with zero attached hydrogens (tertiary/aromatic N) is 1. The van der Waals surface area contributed by atoms with Crippen molar-refractivity contribution in [3.63, 3.8) is 0 Å². The van der Waals surface area contributed by atoms with Crippen LogP contribution in [0.25, 0.3) is 5.57 Å². The first-order valence-electron chi connectivity index (χ1n) is 12.8. The molecule has 0 amide bonds. The van der Waals surface area contributed by atoms with Crippen LogP contribution in [0.1, 0.15) is 46.6 Å². The Morgan fingerprint density at radius 2 is 1.79 bits per heavy atom. The van der Waals surface area contributed by atoms with Crippen LogP contribution in [0.3, 0.4) is 0 Å². The molecule has 1 saturated carbocycles. The summed E-state index contributed by atoms with van der Waals surface area (Å²) in [5.41, 5.74) is 2.60. The van der Waals surface area contributed by atoms with Crippen molar-refractivity contribution in [1.29, 1.82) is 5.26 Å². The predicted molar refractivity (Wildman–Crippen MR) is 143 cm³/mol. The summed E-state index contributed by atoms with van der Waals surface area (Å²) in [6.45, 7) is 4.35. The molecule has 0 radical (unpaired) electrons. The van der Waals surface area contributed by atoms with E-state index < -0.39 is 28.8 Å². The van der Waals surface area contributed by atoms with E-state index in [2.05, 4.69) is 24.0 Å². The smallest absolute Gasteiger partial charge is 0.311 e. The third-order valence-electron chi connectivity index (χ3n) is 9.24. The Labute approximate surface area is 221 Å². The fourth-order valence-electron chi connectivity index (χ4n) is 7.73. The minimum Gasteiger partial charge on any atom is -0.496 e. The summed E-state index contributed by atoms with van der Waals surface area (Å²) in [5.74, 6) is -1.32. The van der Waals surface area contributed by atoms with Crippen molar-refractivity contribution in [2.75, 3.05) is 13.7 Å². The van der Waals surface area contributed by atoms with E-state index in [1.807, 2.05) is 42.5 Å². The summed E-state index contributed by atoms with van der Waals surface area (Å²) in [6, 6.07) is 24.2. The molecule has 7 rings (SSSR count). The quantitative estimate of drug-likeness (QED) is 0.473. The molecular weight excluding hydrogens is 476 g/mol. The van der Waals surface area contributed by atoms with Crippen molar-refractivity contribution in [3.05, 3.63) is 107 Å². The number of benzene rings is 3. The first kappa shape index (κ1) is 24.1. The number of nitriles is 1. The lowest BCUT2D eigenvalue weighted by atomic mass is 9.41. The molecule has 6 nitrogen and oxygen atoms in total. The number of hydrogen-bond donors (Lipinski definition) is 2. The molecule has 0 spiro atoms. The maximum Gasteiger partial charge on any atom is 0.311 e. The Hall–Kier alpha value is -4.21. The molecule has 1 heterocycles. The molecule has 5 atom stereocenters. The van der Waals surface area contributed by atoms with Gasteiger partial charge in [-0.25, -0.2) is 0 Å². The number of carbonyl (C=O) groups excluding carboxylic acids is 1. The van der Waals surface area contributed by atoms with Gasteiger partial charge in [-0.2, -0.15) is 5.26 Å². The molecule has 2 fully saturated rings. The zero-order chi connectivity index (χ0) is 26.7. The maximum absolute atomic E-state index is 14.2. The number of para-hydroxylation sites is 1. The standard InChI is InChI=1S/C32H28N2O4/c1-19(22-7-4-6-10-26(22)38-2)28(35)27-29-31(21-13-11-20(17-33)12-14-21)16-15-25(23-8-3-5-9-24(23)31)32(29,18-34-27)30(36)37/h3-14,25,27,29,34H,1,15-16,18H2,2H3,(H,36,37). The van der Waals surface area contributed by atoms with E-state index in [1.54, 1.807) is 31.4 Å². The van der Waals surface area contributed by atoms with E-state index in [0.717, 1.165) is 16.7 Å². The van der Waals surface area contributed by atoms with Crippen molar-refractivity contribution in [2.24, 2.45) is 11.3 Å². The topological polar surface area (TPSA) is 99.4 Å². The molecule has 2 bridgehead atoms. The Balaban J connectivity index is 1.57. The van der Waals surface area contributed by atoms with E-state index in [4.69, 9.17) is 4.74 Å². The highest BCUT2D eigenvalue weighted by Gasteiger charge is 2.72. The zero-order valence-corrected chi connectivity index (χ0v) is 21.1. The van der Waals surface area contributed by atoms with E-state index in [-0.39, 0.29) is 18.2 Å². The molecule has 6 heteroatoms. The van der Waals surface area contributed by atoms with Gasteiger partial charge < -0.3 is 15.2 Å². The van der Waals surface area contributed by atoms with Gasteiger partial charge in [0.25, 0.3) is 0 Å². The van der Waals surface area contributed by atoms with E-state index in [0.29, 0.717) is 35.3 Å². The number of carboxylic acids is 1. The summed E-state index contributed by atoms with van der Waals surface area (Å²) < 4.78 is 5.50. The Morgan fingerprint density at radius 3 is 2.50 bits per heavy atom. The molecule has 3 aromatic carbocycles. The van der Waals surface area contributed by atoms with Crippen LogP contribution >= 0.6 is 0 Å². The van der Waals surface area contributed by atoms with Gasteiger partial charge in [0, 0.05) is 34.9 Å². The second-order valence-corrected chi connectivity index (χ2v) is 10.6. The molecule has 3 aliphatic carbocycles. The molecule has 4 aliphatic rings. The summed E-state index contributed by atoms with van der Waals surface area (Å²) in [4.78, 5) is 27.5. The molecule has 1 saturated heterocycles. The number of fused-ring (bicyclic) bond motifs is 1. The first-order chi connectivity index (χ1) is 18.4. The van der Waals surface area contributed by atoms with E-state index in [9.17, 15) is 20.0 Å². The van der Waals surface area contributed by atoms with Gasteiger partial charge in [0.1, 0.15) is 5.75 Å². The lowest BCUT2D eigenvalue weighted by molar-refractivity contribution is -0.158. The van der Waals surface area contributed by atoms with Gasteiger partial charge in [0.15, 0.2) is 5.78 Å². The number of carbonyl (C=O) groups is 2. The lowest BCUT2D eigenvalue weighted by Crippen LogP contribution is -2.62. The Kier molecular flexibility index (Phi) is 5.51. The number of hydrogen-bond acceptors (Lipinski definition) is 5. The van der Waals surface area contributed by atoms with E-state index in [1.165, 1.54) is 0 Å². The number of Topliss-reactive ketones (excluding diaryl/α,β-unsaturated/α-hetero) is 1. The van der Waals surface area contributed by atoms with Gasteiger partial charge in [-0.05, 0) is 47.7 Å². The molecule has 1 aliphatic heterocycles. The summed E-state index contributed by atoms with van der Waals surface area (Å²) in [7, 11) is 1.55. The molecule has 2 N–H and O–H groups in total. The van der Waals surface area contributed by atoms with Crippen LogP contribution in [0, 0.1) is 22.7 Å². The number of ether oxygens (including phenoxy) is 1. The van der Waals surface area contributed by atoms with Crippen LogP contribution in [0.15, 0.2) is 79.4 Å². The number of methoxy groups -OCH3 is 1. The van der Waals surface area contributed by atoms with Gasteiger partial charge in [-0.15, -0.1) is 0 Å². The fourth-order valence-corrected chi connectivity index (χ4v) is 7.73. The van der Waals surface area contributed by atoms with E-state index >= 15 is 0 Å². The van der Waals surface area contributed by atoms with Crippen LogP contribution in [0.4, 0.5) is 0 Å². The van der Waals surface area contributed by atoms with Crippen molar-refractivity contribution < 1.29 is 19.4 Å². The highest BCUT2D eigenvalue weighted by molar-refractivity contribution is 6.23. The van der Waals surface area contributed by atoms with Crippen LogP contribution in [-0.4, -0.2) is 36.6 Å². The van der Waals surface area contributed by atoms with Gasteiger partial charge in [-0.1, -0.05) is 61.2 Å². The monoisotopic (exact) mass is 504 g/mol. The van der Waals surface area contributed by atoms with Crippen LogP contribution in [0.2, 0.25) is 0 Å². The van der Waals surface area contributed by atoms with Crippen LogP contribution in [-0.2, 0) is 15.0 Å². The predicted octanol–water partition coefficient (Wildman–Crippen LogP) is 4.69. The second-order valence-electron chi connectivity index (χ2n) is 10.6. The third kappa shape index (κ3) is 3.03. The summed E-state index contributed by atoms with van der Waals surface area (Å²) in [5, 5.41) is 23.7. The van der Waals surface area contributed by atoms with Crippen molar-refractivity contribution in [3.8, 4) is 11.8 Å². The maximum atomic E-state index is 14.2. The largest absolute Gasteiger partial charge is 0.496 e. The van der Waals surface area contributed by atoms with Gasteiger partial charge >= 0.3 is 5.97 Å². The highest BCUT2D eigenvalue weighted by Crippen LogP contribution is 2.69. The SMILES string of the molecule is C=C(C(=O)C1NCC2(C(=O)O)C3CCC(c4ccc(C#N)cc4)(c4ccccc43)C12)c1ccccc1OC. The number of nitrogens with one attached hydrogen (secondary N) is 1. The summed E-state index contributed by atoms with van der Waals surface area (Å²) in [6.07, 6.45) is 1.42. The zero-order valence-electron chi connectivity index (χ0n) is 21.1. The molecule has 5 unspecified atom stereocenters. The normalized spacial score (nSPS) is 28.6. The Bertz CT molecular complexity index is 1520. The van der Waals surface area contributed by atoms with Gasteiger partial charge in [0.05, 0.1) is 30.2 Å². The molecule has 3 aromatic rings. The number of carboxylic acid groups (broad SMARTS) is 1. The number of ketones is 1. The van der Waals surface area contributed by atoms with Crippen LogP contribution in [0.5, 0.6) is 5.75 Å². The average Bonchev–Trinajstić information content (AvgIpc) is 3.40. The number of rotatable bonds is 6. The van der Waals surface area contributed by atoms with Crippen LogP contribution < -0.4 is 10.1 Å².